The quantitative estimate of drug-likeness (QED) is 0.461. The van der Waals surface area contributed by atoms with Gasteiger partial charge in [-0.05, 0) is 58.6 Å². The maximum Gasteiger partial charge on any atom is 0.180 e. The number of rotatable bonds is 3. The predicted molar refractivity (Wildman–Crippen MR) is 129 cm³/mol. The number of allylic oxidation sites excluding steroid dienone is 10. The van der Waals surface area contributed by atoms with Crippen LogP contribution in [-0.2, 0) is 6.42 Å². The van der Waals surface area contributed by atoms with Crippen molar-refractivity contribution in [2.75, 3.05) is 0 Å². The highest BCUT2D eigenvalue weighted by molar-refractivity contribution is 7.14. The van der Waals surface area contributed by atoms with Crippen molar-refractivity contribution in [1.29, 1.82) is 0 Å². The zero-order chi connectivity index (χ0) is 20.4. The van der Waals surface area contributed by atoms with Gasteiger partial charge in [0.15, 0.2) is 8.07 Å². The van der Waals surface area contributed by atoms with Gasteiger partial charge in [-0.1, -0.05) is 109 Å². The minimum Gasteiger partial charge on any atom is -0.0991 e. The second kappa shape index (κ2) is 7.85. The highest BCUT2D eigenvalue weighted by atomic mass is 28.3. The predicted octanol–water partition coefficient (Wildman–Crippen LogP) is 5.75. The minimum absolute atomic E-state index is 0.930. The Bertz CT molecular complexity index is 1060. The van der Waals surface area contributed by atoms with Crippen molar-refractivity contribution in [3.05, 3.63) is 131 Å². The fourth-order valence-corrected chi connectivity index (χ4v) is 10.9. The standard InChI is InChI=1S/C28H28Si/c1-5-7-15-25-21(3)19-22(4)26(16-8-6-2)29(25)27-17-11-9-13-23(27)20-24-14-10-12-18-28(24)29/h5-18H,1,4,19-20H2,2-3H3. The third-order valence-electron chi connectivity index (χ3n) is 6.21. The monoisotopic (exact) mass is 392 g/mol. The molecule has 0 atom stereocenters. The molecule has 0 nitrogen and oxygen atoms in total. The van der Waals surface area contributed by atoms with Crippen LogP contribution in [-0.4, -0.2) is 8.07 Å². The molecule has 144 valence electrons. The van der Waals surface area contributed by atoms with E-state index in [1.165, 1.54) is 43.0 Å². The Morgan fingerprint density at radius 3 is 2.10 bits per heavy atom. The lowest BCUT2D eigenvalue weighted by Gasteiger charge is -2.46. The van der Waals surface area contributed by atoms with E-state index in [1.54, 1.807) is 0 Å². The maximum absolute atomic E-state index is 4.56. The summed E-state index contributed by atoms with van der Waals surface area (Å²) in [5.41, 5.74) is 5.60. The zero-order valence-electron chi connectivity index (χ0n) is 17.4. The SMILES string of the molecule is C=CC=CC1=C(C)CC(=C)C(=CC=CC)[Si]12c1ccccc1Cc1ccccc12. The van der Waals surface area contributed by atoms with Gasteiger partial charge in [-0.25, -0.2) is 0 Å². The second-order valence-electron chi connectivity index (χ2n) is 7.92. The average Bonchev–Trinajstić information content (AvgIpc) is 2.73. The Kier molecular flexibility index (Phi) is 5.25. The molecule has 0 fully saturated rings. The van der Waals surface area contributed by atoms with Gasteiger partial charge in [0.2, 0.25) is 0 Å². The molecule has 2 aromatic carbocycles. The molecular weight excluding hydrogens is 364 g/mol. The highest BCUT2D eigenvalue weighted by Crippen LogP contribution is 2.42. The van der Waals surface area contributed by atoms with Crippen LogP contribution in [0.1, 0.15) is 31.4 Å². The van der Waals surface area contributed by atoms with Crippen LogP contribution in [0.4, 0.5) is 0 Å². The zero-order valence-corrected chi connectivity index (χ0v) is 18.4. The highest BCUT2D eigenvalue weighted by Gasteiger charge is 2.50. The third kappa shape index (κ3) is 2.97. The average molecular weight is 393 g/mol. The van der Waals surface area contributed by atoms with Crippen molar-refractivity contribution in [3.63, 3.8) is 0 Å². The summed E-state index contributed by atoms with van der Waals surface area (Å²) in [7, 11) is -2.42. The molecule has 2 aliphatic rings. The Labute approximate surface area is 176 Å². The van der Waals surface area contributed by atoms with Gasteiger partial charge in [0.1, 0.15) is 0 Å². The Morgan fingerprint density at radius 1 is 0.897 bits per heavy atom. The number of hydrogen-bond acceptors (Lipinski definition) is 0. The molecule has 0 amide bonds. The van der Waals surface area contributed by atoms with Crippen molar-refractivity contribution in [2.45, 2.75) is 26.7 Å². The molecule has 1 heteroatoms. The summed E-state index contributed by atoms with van der Waals surface area (Å²) >= 11 is 0. The molecule has 0 saturated carbocycles. The van der Waals surface area contributed by atoms with E-state index in [-0.39, 0.29) is 0 Å². The lowest BCUT2D eigenvalue weighted by Crippen LogP contribution is -2.67. The van der Waals surface area contributed by atoms with Crippen molar-refractivity contribution in [2.24, 2.45) is 0 Å². The van der Waals surface area contributed by atoms with Gasteiger partial charge >= 0.3 is 0 Å². The lowest BCUT2D eigenvalue weighted by atomic mass is 10.0. The Hall–Kier alpha value is -2.90. The molecule has 0 radical (unpaired) electrons. The van der Waals surface area contributed by atoms with Crippen molar-refractivity contribution >= 4 is 18.4 Å². The summed E-state index contributed by atoms with van der Waals surface area (Å²) in [4.78, 5) is 0. The van der Waals surface area contributed by atoms with Gasteiger partial charge in [-0.3, -0.25) is 0 Å². The van der Waals surface area contributed by atoms with Crippen LogP contribution in [0.15, 0.2) is 120 Å². The first kappa shape index (κ1) is 19.4. The van der Waals surface area contributed by atoms with Gasteiger partial charge in [0.05, 0.1) is 0 Å². The van der Waals surface area contributed by atoms with Gasteiger partial charge in [-0.2, -0.15) is 0 Å². The fourth-order valence-electron chi connectivity index (χ4n) is 5.12. The fraction of sp³-hybridized carbons (Fsp3) is 0.143. The summed E-state index contributed by atoms with van der Waals surface area (Å²) in [5.74, 6) is 0. The van der Waals surface area contributed by atoms with Gasteiger partial charge < -0.3 is 0 Å². The largest absolute Gasteiger partial charge is 0.180 e. The summed E-state index contributed by atoms with van der Waals surface area (Å²) < 4.78 is 0. The molecule has 29 heavy (non-hydrogen) atoms. The Morgan fingerprint density at radius 2 is 1.52 bits per heavy atom. The summed E-state index contributed by atoms with van der Waals surface area (Å²) in [6.07, 6.45) is 14.9. The molecule has 0 saturated heterocycles. The Balaban J connectivity index is 2.21. The van der Waals surface area contributed by atoms with E-state index < -0.39 is 8.07 Å². The topological polar surface area (TPSA) is 0 Å². The molecule has 0 bridgehead atoms. The molecule has 2 aliphatic heterocycles. The first-order chi connectivity index (χ1) is 14.1. The van der Waals surface area contributed by atoms with Crippen LogP contribution >= 0.6 is 0 Å². The van der Waals surface area contributed by atoms with Gasteiger partial charge in [-0.15, -0.1) is 0 Å². The number of hydrogen-bond donors (Lipinski definition) is 0. The van der Waals surface area contributed by atoms with Crippen molar-refractivity contribution < 1.29 is 0 Å². The summed E-state index contributed by atoms with van der Waals surface area (Å²) in [6, 6.07) is 18.1. The van der Waals surface area contributed by atoms with Crippen LogP contribution < -0.4 is 10.4 Å². The molecule has 0 N–H and O–H groups in total. The molecule has 2 aromatic rings. The van der Waals surface area contributed by atoms with E-state index >= 15 is 0 Å². The van der Waals surface area contributed by atoms with Crippen LogP contribution in [0.3, 0.4) is 0 Å². The van der Waals surface area contributed by atoms with E-state index in [9.17, 15) is 0 Å². The van der Waals surface area contributed by atoms with E-state index in [0.717, 1.165) is 12.8 Å². The van der Waals surface area contributed by atoms with E-state index in [1.807, 2.05) is 6.08 Å². The maximum atomic E-state index is 4.56. The van der Waals surface area contributed by atoms with Crippen molar-refractivity contribution in [1.82, 2.24) is 0 Å². The third-order valence-corrected chi connectivity index (χ3v) is 11.5. The second-order valence-corrected chi connectivity index (χ2v) is 11.6. The summed E-state index contributed by atoms with van der Waals surface area (Å²) in [6.45, 7) is 12.9. The molecular formula is C28H28Si. The first-order valence-corrected chi connectivity index (χ1v) is 12.3. The van der Waals surface area contributed by atoms with Gasteiger partial charge in [0.25, 0.3) is 0 Å². The lowest BCUT2D eigenvalue weighted by molar-refractivity contribution is 1.10. The first-order valence-electron chi connectivity index (χ1n) is 10.3. The van der Waals surface area contributed by atoms with E-state index in [0.29, 0.717) is 0 Å². The molecule has 1 spiro atoms. The van der Waals surface area contributed by atoms with Crippen LogP contribution in [0, 0.1) is 0 Å². The van der Waals surface area contributed by atoms with Crippen molar-refractivity contribution in [3.8, 4) is 0 Å². The minimum atomic E-state index is -2.42. The number of benzene rings is 2. The number of fused-ring (bicyclic) bond motifs is 4. The molecule has 2 heterocycles. The molecule has 0 aromatic heterocycles. The summed E-state index contributed by atoms with van der Waals surface area (Å²) in [5, 5.41) is 5.95. The van der Waals surface area contributed by atoms with Gasteiger partial charge in [0, 0.05) is 0 Å². The smallest absolute Gasteiger partial charge is 0.0991 e. The van der Waals surface area contributed by atoms with Crippen LogP contribution in [0.5, 0.6) is 0 Å². The molecule has 0 aliphatic carbocycles. The van der Waals surface area contributed by atoms with E-state index in [4.69, 9.17) is 0 Å². The van der Waals surface area contributed by atoms with Crippen LogP contribution in [0.25, 0.3) is 0 Å². The normalized spacial score (nSPS) is 19.2. The van der Waals surface area contributed by atoms with Crippen LogP contribution in [0.2, 0.25) is 0 Å². The molecule has 4 rings (SSSR count). The molecule has 0 unspecified atom stereocenters. The van der Waals surface area contributed by atoms with E-state index in [2.05, 4.69) is 106 Å².